The van der Waals surface area contributed by atoms with Crippen LogP contribution in [0.2, 0.25) is 0 Å². The molecule has 0 fully saturated rings. The van der Waals surface area contributed by atoms with Crippen molar-refractivity contribution in [3.63, 3.8) is 0 Å². The molecular weight excluding hydrogens is 290 g/mol. The van der Waals surface area contributed by atoms with E-state index >= 15 is 0 Å². The van der Waals surface area contributed by atoms with Crippen LogP contribution in [0.15, 0.2) is 61.2 Å². The van der Waals surface area contributed by atoms with Crippen molar-refractivity contribution in [1.82, 2.24) is 24.7 Å². The van der Waals surface area contributed by atoms with Crippen molar-refractivity contribution < 1.29 is 5.11 Å². The van der Waals surface area contributed by atoms with Crippen LogP contribution in [0.4, 0.5) is 0 Å². The van der Waals surface area contributed by atoms with E-state index in [0.717, 1.165) is 22.3 Å². The van der Waals surface area contributed by atoms with Gasteiger partial charge in [-0.05, 0) is 29.8 Å². The number of phenols is 1. The Morgan fingerprint density at radius 2 is 1.87 bits per heavy atom. The molecule has 0 spiro atoms. The number of pyridine rings is 1. The van der Waals surface area contributed by atoms with Gasteiger partial charge in [0.05, 0.1) is 24.6 Å². The highest BCUT2D eigenvalue weighted by atomic mass is 16.3. The van der Waals surface area contributed by atoms with Gasteiger partial charge in [-0.15, -0.1) is 0 Å². The molecule has 3 heterocycles. The molecule has 0 aliphatic carbocycles. The molecule has 4 rings (SSSR count). The van der Waals surface area contributed by atoms with Crippen molar-refractivity contribution in [3.05, 3.63) is 66.7 Å². The second-order valence-corrected chi connectivity index (χ2v) is 5.19. The van der Waals surface area contributed by atoms with Crippen molar-refractivity contribution in [2.24, 2.45) is 0 Å². The Balaban J connectivity index is 1.62. The summed E-state index contributed by atoms with van der Waals surface area (Å²) in [5.74, 6) is 0.258. The van der Waals surface area contributed by atoms with E-state index in [0.29, 0.717) is 12.2 Å². The maximum absolute atomic E-state index is 9.32. The van der Waals surface area contributed by atoms with Crippen LogP contribution in [-0.2, 0) is 6.54 Å². The molecule has 0 aliphatic rings. The molecule has 0 radical (unpaired) electrons. The van der Waals surface area contributed by atoms with E-state index in [-0.39, 0.29) is 5.75 Å². The third-order valence-corrected chi connectivity index (χ3v) is 3.53. The smallest absolute Gasteiger partial charge is 0.178 e. The zero-order valence-electron chi connectivity index (χ0n) is 12.2. The number of aromatic hydroxyl groups is 1. The van der Waals surface area contributed by atoms with Crippen LogP contribution in [0.3, 0.4) is 0 Å². The highest BCUT2D eigenvalue weighted by molar-refractivity contribution is 5.72. The van der Waals surface area contributed by atoms with E-state index in [9.17, 15) is 5.11 Å². The molecule has 4 aromatic rings. The summed E-state index contributed by atoms with van der Waals surface area (Å²) in [5, 5.41) is 13.7. The van der Waals surface area contributed by atoms with Crippen molar-refractivity contribution in [2.45, 2.75) is 6.54 Å². The van der Waals surface area contributed by atoms with E-state index in [1.807, 2.05) is 35.1 Å². The molecule has 0 atom stereocenters. The zero-order valence-corrected chi connectivity index (χ0v) is 12.2. The summed E-state index contributed by atoms with van der Waals surface area (Å²) in [6.45, 7) is 0.625. The summed E-state index contributed by atoms with van der Waals surface area (Å²) in [6, 6.07) is 10.8. The van der Waals surface area contributed by atoms with Gasteiger partial charge in [0, 0.05) is 18.0 Å². The van der Waals surface area contributed by atoms with Crippen molar-refractivity contribution in [1.29, 1.82) is 0 Å². The van der Waals surface area contributed by atoms with Gasteiger partial charge in [0.25, 0.3) is 0 Å². The Labute approximate surface area is 132 Å². The molecule has 6 nitrogen and oxygen atoms in total. The van der Waals surface area contributed by atoms with Crippen LogP contribution in [-0.4, -0.2) is 29.8 Å². The maximum atomic E-state index is 9.32. The third kappa shape index (κ3) is 2.74. The molecule has 1 aromatic carbocycles. The molecular formula is C17H13N5O. The molecule has 0 aliphatic heterocycles. The fourth-order valence-corrected chi connectivity index (χ4v) is 2.36. The largest absolute Gasteiger partial charge is 0.508 e. The molecule has 0 unspecified atom stereocenters. The highest BCUT2D eigenvalue weighted by Gasteiger charge is 2.06. The van der Waals surface area contributed by atoms with Crippen LogP contribution in [0.5, 0.6) is 5.75 Å². The monoisotopic (exact) mass is 303 g/mol. The Kier molecular flexibility index (Phi) is 3.20. The van der Waals surface area contributed by atoms with Gasteiger partial charge in [0.2, 0.25) is 0 Å². The average molecular weight is 303 g/mol. The summed E-state index contributed by atoms with van der Waals surface area (Å²) in [6.07, 6.45) is 7.12. The second kappa shape index (κ2) is 5.49. The first kappa shape index (κ1) is 13.4. The molecule has 3 aromatic heterocycles. The summed E-state index contributed by atoms with van der Waals surface area (Å²) < 4.78 is 1.83. The van der Waals surface area contributed by atoms with Gasteiger partial charge in [-0.25, -0.2) is 9.97 Å². The van der Waals surface area contributed by atoms with Gasteiger partial charge >= 0.3 is 0 Å². The molecule has 0 amide bonds. The predicted octanol–water partition coefficient (Wildman–Crippen LogP) is 2.64. The number of fused-ring (bicyclic) bond motifs is 1. The number of phenolic OH excluding ortho intramolecular Hbond substituents is 1. The first-order valence-corrected chi connectivity index (χ1v) is 7.16. The zero-order chi connectivity index (χ0) is 15.6. The van der Waals surface area contributed by atoms with Gasteiger partial charge in [-0.3, -0.25) is 9.67 Å². The molecule has 1 N–H and O–H groups in total. The van der Waals surface area contributed by atoms with E-state index in [1.165, 1.54) is 0 Å². The molecule has 112 valence electrons. The van der Waals surface area contributed by atoms with Crippen molar-refractivity contribution >= 4 is 11.2 Å². The molecule has 0 saturated carbocycles. The fraction of sp³-hybridized carbons (Fsp3) is 0.0588. The van der Waals surface area contributed by atoms with E-state index < -0.39 is 0 Å². The van der Waals surface area contributed by atoms with Crippen molar-refractivity contribution in [3.8, 4) is 17.0 Å². The normalized spacial score (nSPS) is 11.0. The Morgan fingerprint density at radius 1 is 1.00 bits per heavy atom. The molecule has 0 bridgehead atoms. The van der Waals surface area contributed by atoms with Crippen LogP contribution < -0.4 is 0 Å². The Bertz CT molecular complexity index is 962. The second-order valence-electron chi connectivity index (χ2n) is 5.19. The van der Waals surface area contributed by atoms with Gasteiger partial charge in [0.1, 0.15) is 11.3 Å². The quantitative estimate of drug-likeness (QED) is 0.629. The third-order valence-electron chi connectivity index (χ3n) is 3.53. The van der Waals surface area contributed by atoms with Gasteiger partial charge in [-0.2, -0.15) is 5.10 Å². The van der Waals surface area contributed by atoms with Crippen LogP contribution in [0, 0.1) is 0 Å². The summed E-state index contributed by atoms with van der Waals surface area (Å²) >= 11 is 0. The van der Waals surface area contributed by atoms with Gasteiger partial charge in [0.15, 0.2) is 5.65 Å². The van der Waals surface area contributed by atoms with Crippen molar-refractivity contribution in [2.75, 3.05) is 0 Å². The summed E-state index contributed by atoms with van der Waals surface area (Å²) in [7, 11) is 0. The van der Waals surface area contributed by atoms with E-state index in [2.05, 4.69) is 20.1 Å². The minimum Gasteiger partial charge on any atom is -0.508 e. The molecule has 23 heavy (non-hydrogen) atoms. The lowest BCUT2D eigenvalue weighted by molar-refractivity contribution is 0.475. The number of nitrogens with zero attached hydrogens (tertiary/aromatic N) is 5. The Morgan fingerprint density at radius 3 is 2.74 bits per heavy atom. The number of hydrogen-bond donors (Lipinski definition) is 1. The standard InChI is InChI=1S/C17H13N5O/c23-14-5-3-12(4-6-14)10-22-11-13(8-20-22)16-9-19-15-2-1-7-18-17(15)21-16/h1-9,11,23H,10H2. The van der Waals surface area contributed by atoms with Gasteiger partial charge < -0.3 is 5.11 Å². The first-order chi connectivity index (χ1) is 11.3. The predicted molar refractivity (Wildman–Crippen MR) is 85.8 cm³/mol. The molecule has 6 heteroatoms. The minimum atomic E-state index is 0.258. The fourth-order valence-electron chi connectivity index (χ4n) is 2.36. The lowest BCUT2D eigenvalue weighted by atomic mass is 10.2. The number of hydrogen-bond acceptors (Lipinski definition) is 5. The minimum absolute atomic E-state index is 0.258. The topological polar surface area (TPSA) is 76.7 Å². The van der Waals surface area contributed by atoms with Crippen LogP contribution in [0.25, 0.3) is 22.4 Å². The summed E-state index contributed by atoms with van der Waals surface area (Å²) in [5.41, 5.74) is 4.09. The highest BCUT2D eigenvalue weighted by Crippen LogP contribution is 2.18. The van der Waals surface area contributed by atoms with E-state index in [4.69, 9.17) is 0 Å². The van der Waals surface area contributed by atoms with E-state index in [1.54, 1.807) is 30.7 Å². The first-order valence-electron chi connectivity index (χ1n) is 7.16. The lowest BCUT2D eigenvalue weighted by Crippen LogP contribution is -1.99. The number of benzene rings is 1. The SMILES string of the molecule is Oc1ccc(Cn2cc(-c3cnc4cccnc4n3)cn2)cc1. The maximum Gasteiger partial charge on any atom is 0.178 e. The van der Waals surface area contributed by atoms with Crippen LogP contribution in [0.1, 0.15) is 5.56 Å². The molecule has 0 saturated heterocycles. The van der Waals surface area contributed by atoms with Crippen LogP contribution >= 0.6 is 0 Å². The number of aromatic nitrogens is 5. The van der Waals surface area contributed by atoms with Gasteiger partial charge in [-0.1, -0.05) is 12.1 Å². The average Bonchev–Trinajstić information content (AvgIpc) is 3.05. The Hall–Kier alpha value is -3.28. The summed E-state index contributed by atoms with van der Waals surface area (Å²) in [4.78, 5) is 13.1. The lowest BCUT2D eigenvalue weighted by Gasteiger charge is -2.02. The number of rotatable bonds is 3.